The van der Waals surface area contributed by atoms with E-state index in [-0.39, 0.29) is 6.04 Å². The lowest BCUT2D eigenvalue weighted by atomic mass is 10.1. The fraction of sp³-hybridized carbons (Fsp3) is 1.00. The number of nitrogens with one attached hydrogen (secondary N) is 1. The maximum atomic E-state index is 10.5. The van der Waals surface area contributed by atoms with E-state index in [9.17, 15) is 4.21 Å². The van der Waals surface area contributed by atoms with E-state index in [1.165, 1.54) is 0 Å². The molecule has 1 aliphatic heterocycles. The number of hydrogen-bond donors (Lipinski definition) is 2. The van der Waals surface area contributed by atoms with Crippen LogP contribution in [0.15, 0.2) is 0 Å². The highest BCUT2D eigenvalue weighted by Gasteiger charge is 2.21. The van der Waals surface area contributed by atoms with Gasteiger partial charge >= 0.3 is 0 Å². The van der Waals surface area contributed by atoms with E-state index in [2.05, 4.69) is 23.5 Å². The molecule has 0 aromatic rings. The van der Waals surface area contributed by atoms with Crippen LogP contribution in [0.3, 0.4) is 0 Å². The Morgan fingerprint density at radius 2 is 2.00 bits per heavy atom. The lowest BCUT2D eigenvalue weighted by Gasteiger charge is -2.34. The molecular weight excluding hydrogens is 188 g/mol. The van der Waals surface area contributed by atoms with E-state index in [1.54, 1.807) is 0 Å². The van der Waals surface area contributed by atoms with Crippen molar-refractivity contribution >= 4 is 11.3 Å². The standard InChI is InChI=1S/C8H18N2O2S/c1-7(2)10-5-3-8(4-6-10)9-13(11)12/h7-9H,3-6H2,1-2H3,(H,11,12). The van der Waals surface area contributed by atoms with Crippen LogP contribution in [0.1, 0.15) is 26.7 Å². The first-order valence-electron chi connectivity index (χ1n) is 4.70. The molecule has 0 aliphatic carbocycles. The zero-order valence-corrected chi connectivity index (χ0v) is 9.01. The molecule has 1 heterocycles. The largest absolute Gasteiger partial charge is 0.301 e. The Labute approximate surface area is 82.1 Å². The first kappa shape index (κ1) is 11.1. The molecule has 5 heteroatoms. The van der Waals surface area contributed by atoms with Crippen molar-refractivity contribution < 1.29 is 8.76 Å². The minimum absolute atomic E-state index is 0.209. The number of piperidine rings is 1. The van der Waals surface area contributed by atoms with E-state index in [4.69, 9.17) is 4.55 Å². The second kappa shape index (κ2) is 5.05. The zero-order chi connectivity index (χ0) is 9.84. The Kier molecular flexibility index (Phi) is 4.31. The Balaban J connectivity index is 2.26. The molecule has 1 saturated heterocycles. The van der Waals surface area contributed by atoms with Crippen molar-refractivity contribution in [1.29, 1.82) is 0 Å². The van der Waals surface area contributed by atoms with Crippen molar-refractivity contribution in [1.82, 2.24) is 9.62 Å². The van der Waals surface area contributed by atoms with Gasteiger partial charge in [0, 0.05) is 12.1 Å². The van der Waals surface area contributed by atoms with Gasteiger partial charge in [-0.25, -0.2) is 8.93 Å². The van der Waals surface area contributed by atoms with Crippen molar-refractivity contribution in [2.75, 3.05) is 13.1 Å². The van der Waals surface area contributed by atoms with Gasteiger partial charge < -0.3 is 4.90 Å². The Morgan fingerprint density at radius 1 is 1.46 bits per heavy atom. The average Bonchev–Trinajstić information content (AvgIpc) is 2.04. The van der Waals surface area contributed by atoms with Gasteiger partial charge in [-0.3, -0.25) is 4.55 Å². The van der Waals surface area contributed by atoms with Gasteiger partial charge in [-0.15, -0.1) is 0 Å². The maximum Gasteiger partial charge on any atom is 0.231 e. The lowest BCUT2D eigenvalue weighted by molar-refractivity contribution is 0.168. The highest BCUT2D eigenvalue weighted by Crippen LogP contribution is 2.12. The van der Waals surface area contributed by atoms with Gasteiger partial charge in [0.25, 0.3) is 0 Å². The van der Waals surface area contributed by atoms with Crippen LogP contribution in [0.2, 0.25) is 0 Å². The summed E-state index contributed by atoms with van der Waals surface area (Å²) in [4.78, 5) is 2.39. The minimum Gasteiger partial charge on any atom is -0.301 e. The molecule has 0 saturated carbocycles. The zero-order valence-electron chi connectivity index (χ0n) is 8.19. The van der Waals surface area contributed by atoms with Crippen LogP contribution in [-0.2, 0) is 11.3 Å². The van der Waals surface area contributed by atoms with Gasteiger partial charge in [-0.2, -0.15) is 0 Å². The van der Waals surface area contributed by atoms with Crippen LogP contribution >= 0.6 is 0 Å². The molecule has 0 spiro atoms. The molecule has 1 rings (SSSR count). The summed E-state index contributed by atoms with van der Waals surface area (Å²) in [6.07, 6.45) is 1.93. The number of hydrogen-bond acceptors (Lipinski definition) is 2. The smallest absolute Gasteiger partial charge is 0.231 e. The highest BCUT2D eigenvalue weighted by atomic mass is 32.2. The molecule has 0 bridgehead atoms. The van der Waals surface area contributed by atoms with Crippen molar-refractivity contribution in [3.05, 3.63) is 0 Å². The molecule has 0 aromatic carbocycles. The average molecular weight is 206 g/mol. The molecule has 0 aromatic heterocycles. The summed E-state index contributed by atoms with van der Waals surface area (Å²) in [6.45, 7) is 6.40. The van der Waals surface area contributed by atoms with E-state index in [0.29, 0.717) is 6.04 Å². The Morgan fingerprint density at radius 3 is 2.38 bits per heavy atom. The fourth-order valence-corrected chi connectivity index (χ4v) is 2.20. The van der Waals surface area contributed by atoms with Gasteiger partial charge in [-0.1, -0.05) is 0 Å². The topological polar surface area (TPSA) is 52.6 Å². The highest BCUT2D eigenvalue weighted by molar-refractivity contribution is 7.77. The minimum atomic E-state index is -1.85. The third kappa shape index (κ3) is 3.72. The molecule has 4 nitrogen and oxygen atoms in total. The van der Waals surface area contributed by atoms with Gasteiger partial charge in [0.1, 0.15) is 0 Å². The molecule has 1 aliphatic rings. The molecule has 1 atom stereocenters. The van der Waals surface area contributed by atoms with Gasteiger partial charge in [0.05, 0.1) is 0 Å². The molecule has 1 fully saturated rings. The molecular formula is C8H18N2O2S. The van der Waals surface area contributed by atoms with Gasteiger partial charge in [0.15, 0.2) is 0 Å². The summed E-state index contributed by atoms with van der Waals surface area (Å²) >= 11 is -1.85. The Bertz CT molecular complexity index is 179. The van der Waals surface area contributed by atoms with Crippen molar-refractivity contribution in [3.8, 4) is 0 Å². The first-order valence-corrected chi connectivity index (χ1v) is 5.81. The summed E-state index contributed by atoms with van der Waals surface area (Å²) < 4.78 is 21.7. The van der Waals surface area contributed by atoms with Crippen LogP contribution in [0.4, 0.5) is 0 Å². The summed E-state index contributed by atoms with van der Waals surface area (Å²) in [5, 5.41) is 0. The predicted octanol–water partition coefficient (Wildman–Crippen LogP) is 0.586. The third-order valence-corrected chi connectivity index (χ3v) is 3.06. The summed E-state index contributed by atoms with van der Waals surface area (Å²) in [5.41, 5.74) is 0. The quantitative estimate of drug-likeness (QED) is 0.664. The summed E-state index contributed by atoms with van der Waals surface area (Å²) in [7, 11) is 0. The van der Waals surface area contributed by atoms with Crippen molar-refractivity contribution in [2.24, 2.45) is 0 Å². The molecule has 0 radical (unpaired) electrons. The van der Waals surface area contributed by atoms with Crippen LogP contribution < -0.4 is 4.72 Å². The van der Waals surface area contributed by atoms with Gasteiger partial charge in [0.2, 0.25) is 11.3 Å². The summed E-state index contributed by atoms with van der Waals surface area (Å²) in [5.74, 6) is 0. The van der Waals surface area contributed by atoms with Gasteiger partial charge in [-0.05, 0) is 39.8 Å². The number of nitrogens with zero attached hydrogens (tertiary/aromatic N) is 1. The maximum absolute atomic E-state index is 10.5. The summed E-state index contributed by atoms with van der Waals surface area (Å²) in [6, 6.07) is 0.793. The molecule has 0 amide bonds. The second-order valence-corrected chi connectivity index (χ2v) is 4.51. The molecule has 13 heavy (non-hydrogen) atoms. The van der Waals surface area contributed by atoms with Crippen molar-refractivity contribution in [3.63, 3.8) is 0 Å². The lowest BCUT2D eigenvalue weighted by Crippen LogP contribution is -2.45. The normalized spacial score (nSPS) is 23.7. The van der Waals surface area contributed by atoms with Crippen LogP contribution in [0.25, 0.3) is 0 Å². The molecule has 2 N–H and O–H groups in total. The third-order valence-electron chi connectivity index (χ3n) is 2.53. The fourth-order valence-electron chi connectivity index (χ4n) is 1.68. The monoisotopic (exact) mass is 206 g/mol. The van der Waals surface area contributed by atoms with Crippen molar-refractivity contribution in [2.45, 2.75) is 38.8 Å². The number of likely N-dealkylation sites (tertiary alicyclic amines) is 1. The van der Waals surface area contributed by atoms with E-state index >= 15 is 0 Å². The van der Waals surface area contributed by atoms with E-state index < -0.39 is 11.3 Å². The van der Waals surface area contributed by atoms with Crippen LogP contribution in [0, 0.1) is 0 Å². The SMILES string of the molecule is CC(C)N1CCC(NS(=O)O)CC1. The van der Waals surface area contributed by atoms with E-state index in [0.717, 1.165) is 25.9 Å². The number of rotatable bonds is 3. The molecule has 78 valence electrons. The molecule has 1 unspecified atom stereocenters. The van der Waals surface area contributed by atoms with Crippen LogP contribution in [-0.4, -0.2) is 38.8 Å². The van der Waals surface area contributed by atoms with Crippen LogP contribution in [0.5, 0.6) is 0 Å². The first-order chi connectivity index (χ1) is 6.09. The van der Waals surface area contributed by atoms with E-state index in [1.807, 2.05) is 0 Å². The Hall–Kier alpha value is 0.0300. The predicted molar refractivity (Wildman–Crippen MR) is 53.6 cm³/mol. The second-order valence-electron chi connectivity index (χ2n) is 3.77.